The van der Waals surface area contributed by atoms with E-state index in [2.05, 4.69) is 20.3 Å². The summed E-state index contributed by atoms with van der Waals surface area (Å²) < 4.78 is 7.68. The lowest BCUT2D eigenvalue weighted by Gasteiger charge is -2.10. The predicted octanol–water partition coefficient (Wildman–Crippen LogP) is 4.04. The summed E-state index contributed by atoms with van der Waals surface area (Å²) in [5.74, 6) is 0.365. The zero-order valence-electron chi connectivity index (χ0n) is 16.8. The fourth-order valence-corrected chi connectivity index (χ4v) is 3.13. The molecule has 4 rings (SSSR count). The van der Waals surface area contributed by atoms with Gasteiger partial charge in [0.2, 0.25) is 5.88 Å². The summed E-state index contributed by atoms with van der Waals surface area (Å²) in [5.41, 5.74) is 2.84. The number of hydrogen-bond donors (Lipinski definition) is 1. The van der Waals surface area contributed by atoms with E-state index in [4.69, 9.17) is 16.3 Å². The first kappa shape index (κ1) is 20.6. The number of carbonyl (C=O) groups is 1. The Hall–Kier alpha value is -3.71. The van der Waals surface area contributed by atoms with Gasteiger partial charge in [-0.2, -0.15) is 0 Å². The van der Waals surface area contributed by atoms with Gasteiger partial charge in [-0.1, -0.05) is 72.3 Å². The molecule has 156 valence electrons. The van der Waals surface area contributed by atoms with Crippen molar-refractivity contribution < 1.29 is 9.53 Å². The lowest BCUT2D eigenvalue weighted by molar-refractivity contribution is 0.0939. The molecule has 1 N–H and O–H groups in total. The largest absolute Gasteiger partial charge is 0.468 e. The molecule has 0 aliphatic carbocycles. The maximum atomic E-state index is 12.7. The second-order valence-electron chi connectivity index (χ2n) is 6.82. The maximum absolute atomic E-state index is 12.7. The van der Waals surface area contributed by atoms with E-state index in [0.717, 1.165) is 16.8 Å². The van der Waals surface area contributed by atoms with Crippen LogP contribution in [0.15, 0.2) is 73.1 Å². The molecule has 0 fully saturated rings. The number of aryl methyl sites for hydroxylation is 1. The Bertz CT molecular complexity index is 1180. The molecule has 0 unspecified atom stereocenters. The predicted molar refractivity (Wildman–Crippen MR) is 118 cm³/mol. The molecular weight excluding hydrogens is 414 g/mol. The summed E-state index contributed by atoms with van der Waals surface area (Å²) in [7, 11) is 1.89. The van der Waals surface area contributed by atoms with Crippen molar-refractivity contribution >= 4 is 17.5 Å². The fourth-order valence-electron chi connectivity index (χ4n) is 2.99. The van der Waals surface area contributed by atoms with Gasteiger partial charge in [0.1, 0.15) is 17.6 Å². The molecule has 8 heteroatoms. The first-order valence-corrected chi connectivity index (χ1v) is 10.0. The van der Waals surface area contributed by atoms with E-state index in [0.29, 0.717) is 12.4 Å². The fraction of sp³-hybridized carbons (Fsp3) is 0.130. The molecule has 0 aliphatic heterocycles. The average Bonchev–Trinajstić information content (AvgIpc) is 3.18. The van der Waals surface area contributed by atoms with Crippen LogP contribution in [0.2, 0.25) is 5.15 Å². The SMILES string of the molecule is Cn1cc(-c2ccccc2)nc1COc1ncc(Cl)nc1C(=O)NCc1ccccc1. The van der Waals surface area contributed by atoms with E-state index in [-0.39, 0.29) is 23.3 Å². The Balaban J connectivity index is 1.48. The Morgan fingerprint density at radius 1 is 1.06 bits per heavy atom. The minimum atomic E-state index is -0.418. The number of nitrogens with one attached hydrogen (secondary N) is 1. The van der Waals surface area contributed by atoms with Crippen molar-refractivity contribution in [1.29, 1.82) is 0 Å². The third kappa shape index (κ3) is 5.07. The van der Waals surface area contributed by atoms with Crippen LogP contribution in [0.1, 0.15) is 21.9 Å². The molecule has 2 aromatic heterocycles. The minimum absolute atomic E-state index is 0.0286. The van der Waals surface area contributed by atoms with E-state index in [1.165, 1.54) is 6.20 Å². The summed E-state index contributed by atoms with van der Waals surface area (Å²) in [6, 6.07) is 19.4. The van der Waals surface area contributed by atoms with Gasteiger partial charge in [-0.05, 0) is 5.56 Å². The average molecular weight is 434 g/mol. The summed E-state index contributed by atoms with van der Waals surface area (Å²) in [6.07, 6.45) is 3.27. The smallest absolute Gasteiger partial charge is 0.275 e. The van der Waals surface area contributed by atoms with Crippen molar-refractivity contribution in [2.75, 3.05) is 0 Å². The standard InChI is InChI=1S/C23H20ClN5O2/c1-29-14-18(17-10-6-3-7-11-17)27-20(29)15-31-23-21(28-19(24)13-26-23)22(30)25-12-16-8-4-2-5-9-16/h2-11,13-14H,12,15H2,1H3,(H,25,30). The Morgan fingerprint density at radius 2 is 1.77 bits per heavy atom. The van der Waals surface area contributed by atoms with Crippen LogP contribution in [0.4, 0.5) is 0 Å². The molecule has 0 bridgehead atoms. The Labute approximate surface area is 184 Å². The molecule has 0 saturated carbocycles. The number of rotatable bonds is 7. The highest BCUT2D eigenvalue weighted by Gasteiger charge is 2.18. The van der Waals surface area contributed by atoms with Gasteiger partial charge in [0.15, 0.2) is 5.69 Å². The van der Waals surface area contributed by atoms with Crippen LogP contribution in [0.3, 0.4) is 0 Å². The van der Waals surface area contributed by atoms with E-state index < -0.39 is 5.91 Å². The quantitative estimate of drug-likeness (QED) is 0.475. The Morgan fingerprint density at radius 3 is 2.52 bits per heavy atom. The van der Waals surface area contributed by atoms with Gasteiger partial charge in [0.25, 0.3) is 5.91 Å². The highest BCUT2D eigenvalue weighted by Crippen LogP contribution is 2.20. The molecule has 2 heterocycles. The van der Waals surface area contributed by atoms with Crippen LogP contribution in [-0.4, -0.2) is 25.4 Å². The van der Waals surface area contributed by atoms with Crippen LogP contribution in [-0.2, 0) is 20.2 Å². The molecule has 4 aromatic rings. The van der Waals surface area contributed by atoms with Gasteiger partial charge >= 0.3 is 0 Å². The number of amides is 1. The lowest BCUT2D eigenvalue weighted by atomic mass is 10.2. The first-order valence-electron chi connectivity index (χ1n) is 9.65. The number of hydrogen-bond acceptors (Lipinski definition) is 5. The minimum Gasteiger partial charge on any atom is -0.468 e. The van der Waals surface area contributed by atoms with Gasteiger partial charge < -0.3 is 14.6 Å². The van der Waals surface area contributed by atoms with E-state index >= 15 is 0 Å². The lowest BCUT2D eigenvalue weighted by Crippen LogP contribution is -2.25. The van der Waals surface area contributed by atoms with E-state index in [1.54, 1.807) is 0 Å². The van der Waals surface area contributed by atoms with E-state index in [1.807, 2.05) is 78.5 Å². The molecule has 0 saturated heterocycles. The number of imidazole rings is 1. The van der Waals surface area contributed by atoms with Crippen LogP contribution < -0.4 is 10.1 Å². The molecule has 7 nitrogen and oxygen atoms in total. The highest BCUT2D eigenvalue weighted by atomic mass is 35.5. The number of nitrogens with zero attached hydrogens (tertiary/aromatic N) is 4. The number of carbonyl (C=O) groups excluding carboxylic acids is 1. The second-order valence-corrected chi connectivity index (χ2v) is 7.21. The molecule has 0 aliphatic rings. The number of aromatic nitrogens is 4. The third-order valence-corrected chi connectivity index (χ3v) is 4.78. The number of halogens is 1. The van der Waals surface area contributed by atoms with Crippen molar-refractivity contribution in [1.82, 2.24) is 24.8 Å². The van der Waals surface area contributed by atoms with Gasteiger partial charge in [-0.15, -0.1) is 0 Å². The molecule has 0 radical (unpaired) electrons. The summed E-state index contributed by atoms with van der Waals surface area (Å²) in [5, 5.41) is 2.93. The van der Waals surface area contributed by atoms with Crippen LogP contribution >= 0.6 is 11.6 Å². The normalized spacial score (nSPS) is 10.6. The molecule has 0 spiro atoms. The van der Waals surface area contributed by atoms with Gasteiger partial charge in [-0.3, -0.25) is 4.79 Å². The van der Waals surface area contributed by atoms with Crippen molar-refractivity contribution in [3.05, 3.63) is 95.3 Å². The number of ether oxygens (including phenoxy) is 1. The number of benzene rings is 2. The molecule has 1 amide bonds. The summed E-state index contributed by atoms with van der Waals surface area (Å²) >= 11 is 5.97. The Kier molecular flexibility index (Phi) is 6.24. The molecule has 2 aromatic carbocycles. The zero-order valence-corrected chi connectivity index (χ0v) is 17.6. The van der Waals surface area contributed by atoms with Gasteiger partial charge in [0.05, 0.1) is 11.9 Å². The van der Waals surface area contributed by atoms with Crippen molar-refractivity contribution in [3.8, 4) is 17.1 Å². The molecule has 0 atom stereocenters. The molecular formula is C23H20ClN5O2. The van der Waals surface area contributed by atoms with Crippen LogP contribution in [0.5, 0.6) is 5.88 Å². The first-order chi connectivity index (χ1) is 15.1. The van der Waals surface area contributed by atoms with Crippen LogP contribution in [0.25, 0.3) is 11.3 Å². The second kappa shape index (κ2) is 9.40. The topological polar surface area (TPSA) is 81.9 Å². The van der Waals surface area contributed by atoms with Crippen LogP contribution in [0, 0.1) is 0 Å². The van der Waals surface area contributed by atoms with Gasteiger partial charge in [-0.25, -0.2) is 15.0 Å². The van der Waals surface area contributed by atoms with E-state index in [9.17, 15) is 4.79 Å². The van der Waals surface area contributed by atoms with Crippen molar-refractivity contribution in [2.24, 2.45) is 7.05 Å². The van der Waals surface area contributed by atoms with Crippen molar-refractivity contribution in [3.63, 3.8) is 0 Å². The maximum Gasteiger partial charge on any atom is 0.275 e. The van der Waals surface area contributed by atoms with Crippen molar-refractivity contribution in [2.45, 2.75) is 13.2 Å². The van der Waals surface area contributed by atoms with Gasteiger partial charge in [0, 0.05) is 25.4 Å². The third-order valence-electron chi connectivity index (χ3n) is 4.60. The summed E-state index contributed by atoms with van der Waals surface area (Å²) in [4.78, 5) is 25.6. The highest BCUT2D eigenvalue weighted by molar-refractivity contribution is 6.29. The zero-order chi connectivity index (χ0) is 21.6. The molecule has 31 heavy (non-hydrogen) atoms. The summed E-state index contributed by atoms with van der Waals surface area (Å²) in [6.45, 7) is 0.478. The monoisotopic (exact) mass is 433 g/mol.